The van der Waals surface area contributed by atoms with E-state index in [1.54, 1.807) is 29.5 Å². The Balaban J connectivity index is 2.12. The Morgan fingerprint density at radius 3 is 2.95 bits per heavy atom. The number of hydrogen-bond donors (Lipinski definition) is 1. The van der Waals surface area contributed by atoms with E-state index in [0.717, 1.165) is 10.7 Å². The predicted molar refractivity (Wildman–Crippen MR) is 77.0 cm³/mol. The van der Waals surface area contributed by atoms with Crippen LogP contribution in [0.4, 0.5) is 5.69 Å². The molecule has 4 nitrogen and oxygen atoms in total. The molecule has 1 heterocycles. The third-order valence-electron chi connectivity index (χ3n) is 2.51. The van der Waals surface area contributed by atoms with E-state index < -0.39 is 0 Å². The van der Waals surface area contributed by atoms with Gasteiger partial charge in [-0.3, -0.25) is 0 Å². The topological polar surface area (TPSA) is 51.2 Å². The molecule has 1 N–H and O–H groups in total. The van der Waals surface area contributed by atoms with Crippen molar-refractivity contribution in [2.24, 2.45) is 0 Å². The zero-order valence-electron chi connectivity index (χ0n) is 10.6. The van der Waals surface area contributed by atoms with Crippen molar-refractivity contribution in [2.45, 2.75) is 13.5 Å². The average Bonchev–Trinajstić information content (AvgIpc) is 2.82. The first-order valence-electron chi connectivity index (χ1n) is 5.63. The van der Waals surface area contributed by atoms with Gasteiger partial charge in [0.05, 0.1) is 40.6 Å². The van der Waals surface area contributed by atoms with Gasteiger partial charge in [-0.2, -0.15) is 0 Å². The van der Waals surface area contributed by atoms with E-state index >= 15 is 0 Å². The highest BCUT2D eigenvalue weighted by Crippen LogP contribution is 2.24. The molecule has 0 bridgehead atoms. The smallest absolute Gasteiger partial charge is 0.337 e. The first-order valence-corrected chi connectivity index (χ1v) is 6.88. The zero-order chi connectivity index (χ0) is 13.8. The third-order valence-corrected chi connectivity index (χ3v) is 3.67. The maximum absolute atomic E-state index is 11.5. The van der Waals surface area contributed by atoms with Crippen molar-refractivity contribution in [3.8, 4) is 0 Å². The van der Waals surface area contributed by atoms with E-state index in [1.807, 2.05) is 12.3 Å². The van der Waals surface area contributed by atoms with E-state index in [2.05, 4.69) is 15.0 Å². The molecule has 0 radical (unpaired) electrons. The van der Waals surface area contributed by atoms with Crippen LogP contribution in [0.1, 0.15) is 21.1 Å². The summed E-state index contributed by atoms with van der Waals surface area (Å²) in [5.74, 6) is -0.385. The summed E-state index contributed by atoms with van der Waals surface area (Å²) in [7, 11) is 1.35. The lowest BCUT2D eigenvalue weighted by Crippen LogP contribution is -2.04. The fourth-order valence-corrected chi connectivity index (χ4v) is 2.38. The lowest BCUT2D eigenvalue weighted by Gasteiger charge is -2.08. The number of methoxy groups -OCH3 is 1. The SMILES string of the molecule is COC(=O)c1ccc(Cl)c(NCc2csc(C)n2)c1. The van der Waals surface area contributed by atoms with Crippen LogP contribution < -0.4 is 5.32 Å². The van der Waals surface area contributed by atoms with Gasteiger partial charge in [-0.15, -0.1) is 11.3 Å². The molecule has 19 heavy (non-hydrogen) atoms. The Bertz CT molecular complexity index is 598. The van der Waals surface area contributed by atoms with Gasteiger partial charge in [0, 0.05) is 5.38 Å². The first-order chi connectivity index (χ1) is 9.10. The number of aryl methyl sites for hydroxylation is 1. The van der Waals surface area contributed by atoms with Crippen LogP contribution in [0.3, 0.4) is 0 Å². The minimum Gasteiger partial charge on any atom is -0.465 e. The maximum Gasteiger partial charge on any atom is 0.337 e. The molecule has 2 aromatic rings. The van der Waals surface area contributed by atoms with Crippen LogP contribution in [-0.2, 0) is 11.3 Å². The molecule has 0 fully saturated rings. The summed E-state index contributed by atoms with van der Waals surface area (Å²) in [5, 5.41) is 6.73. The molecular weight excluding hydrogens is 284 g/mol. The van der Waals surface area contributed by atoms with Gasteiger partial charge in [-0.05, 0) is 25.1 Å². The van der Waals surface area contributed by atoms with Gasteiger partial charge in [0.1, 0.15) is 0 Å². The number of halogens is 1. The van der Waals surface area contributed by atoms with Gasteiger partial charge < -0.3 is 10.1 Å². The van der Waals surface area contributed by atoms with Crippen molar-refractivity contribution in [3.63, 3.8) is 0 Å². The lowest BCUT2D eigenvalue weighted by atomic mass is 10.2. The van der Waals surface area contributed by atoms with E-state index in [1.165, 1.54) is 7.11 Å². The van der Waals surface area contributed by atoms with Crippen LogP contribution in [0, 0.1) is 6.92 Å². The first kappa shape index (κ1) is 13.8. The molecule has 0 aliphatic rings. The Morgan fingerprint density at radius 2 is 2.32 bits per heavy atom. The second-order valence-electron chi connectivity index (χ2n) is 3.90. The van der Waals surface area contributed by atoms with Gasteiger partial charge in [0.2, 0.25) is 0 Å². The number of esters is 1. The predicted octanol–water partition coefficient (Wildman–Crippen LogP) is 3.50. The molecule has 0 unspecified atom stereocenters. The monoisotopic (exact) mass is 296 g/mol. The number of carbonyl (C=O) groups is 1. The molecule has 100 valence electrons. The molecule has 0 saturated carbocycles. The highest BCUT2D eigenvalue weighted by Gasteiger charge is 2.09. The van der Waals surface area contributed by atoms with Gasteiger partial charge in [0.25, 0.3) is 0 Å². The minimum atomic E-state index is -0.385. The molecule has 1 aromatic carbocycles. The van der Waals surface area contributed by atoms with Gasteiger partial charge in [0.15, 0.2) is 0 Å². The zero-order valence-corrected chi connectivity index (χ0v) is 12.1. The van der Waals surface area contributed by atoms with Crippen molar-refractivity contribution in [1.29, 1.82) is 0 Å². The van der Waals surface area contributed by atoms with Gasteiger partial charge in [-0.25, -0.2) is 9.78 Å². The molecule has 0 aliphatic carbocycles. The summed E-state index contributed by atoms with van der Waals surface area (Å²) in [5.41, 5.74) is 2.10. The highest BCUT2D eigenvalue weighted by atomic mass is 35.5. The van der Waals surface area contributed by atoms with Crippen molar-refractivity contribution in [2.75, 3.05) is 12.4 Å². The van der Waals surface area contributed by atoms with Crippen molar-refractivity contribution < 1.29 is 9.53 Å². The normalized spacial score (nSPS) is 10.3. The Morgan fingerprint density at radius 1 is 1.53 bits per heavy atom. The van der Waals surface area contributed by atoms with Crippen LogP contribution in [0.2, 0.25) is 5.02 Å². The van der Waals surface area contributed by atoms with Crippen molar-refractivity contribution >= 4 is 34.6 Å². The minimum absolute atomic E-state index is 0.385. The second-order valence-corrected chi connectivity index (χ2v) is 5.37. The number of aromatic nitrogens is 1. The third kappa shape index (κ3) is 3.45. The molecule has 1 aromatic heterocycles. The largest absolute Gasteiger partial charge is 0.465 e. The summed E-state index contributed by atoms with van der Waals surface area (Å²) in [6, 6.07) is 4.97. The summed E-state index contributed by atoms with van der Waals surface area (Å²) in [4.78, 5) is 15.8. The molecule has 2 rings (SSSR count). The van der Waals surface area contributed by atoms with E-state index in [-0.39, 0.29) is 5.97 Å². The fourth-order valence-electron chi connectivity index (χ4n) is 1.58. The van der Waals surface area contributed by atoms with E-state index in [9.17, 15) is 4.79 Å². The van der Waals surface area contributed by atoms with E-state index in [0.29, 0.717) is 22.8 Å². The number of hydrogen-bond acceptors (Lipinski definition) is 5. The van der Waals surface area contributed by atoms with Crippen LogP contribution in [0.25, 0.3) is 0 Å². The summed E-state index contributed by atoms with van der Waals surface area (Å²) in [6.07, 6.45) is 0. The van der Waals surface area contributed by atoms with Crippen LogP contribution >= 0.6 is 22.9 Å². The van der Waals surface area contributed by atoms with Crippen molar-refractivity contribution in [1.82, 2.24) is 4.98 Å². The van der Waals surface area contributed by atoms with Crippen LogP contribution in [0.15, 0.2) is 23.6 Å². The molecule has 0 spiro atoms. The molecular formula is C13H13ClN2O2S. The van der Waals surface area contributed by atoms with Gasteiger partial charge in [-0.1, -0.05) is 11.6 Å². The lowest BCUT2D eigenvalue weighted by molar-refractivity contribution is 0.0601. The highest BCUT2D eigenvalue weighted by molar-refractivity contribution is 7.09. The molecule has 0 amide bonds. The van der Waals surface area contributed by atoms with Crippen LogP contribution in [0.5, 0.6) is 0 Å². The Hall–Kier alpha value is -1.59. The number of ether oxygens (including phenoxy) is 1. The molecule has 0 atom stereocenters. The van der Waals surface area contributed by atoms with Crippen LogP contribution in [-0.4, -0.2) is 18.1 Å². The molecule has 6 heteroatoms. The number of benzene rings is 1. The summed E-state index contributed by atoms with van der Waals surface area (Å²) >= 11 is 7.68. The number of thiazole rings is 1. The second kappa shape index (κ2) is 6.04. The van der Waals surface area contributed by atoms with E-state index in [4.69, 9.17) is 11.6 Å². The summed E-state index contributed by atoms with van der Waals surface area (Å²) < 4.78 is 4.68. The Kier molecular flexibility index (Phi) is 4.39. The quantitative estimate of drug-likeness (QED) is 0.877. The molecule has 0 aliphatic heterocycles. The molecule has 0 saturated heterocycles. The Labute approximate surface area is 120 Å². The number of anilines is 1. The number of nitrogens with zero attached hydrogens (tertiary/aromatic N) is 1. The maximum atomic E-state index is 11.5. The number of nitrogens with one attached hydrogen (secondary N) is 1. The van der Waals surface area contributed by atoms with Gasteiger partial charge >= 0.3 is 5.97 Å². The van der Waals surface area contributed by atoms with Crippen molar-refractivity contribution in [3.05, 3.63) is 44.9 Å². The fraction of sp³-hybridized carbons (Fsp3) is 0.231. The number of rotatable bonds is 4. The standard InChI is InChI=1S/C13H13ClN2O2S/c1-8-16-10(7-19-8)6-15-12-5-9(13(17)18-2)3-4-11(12)14/h3-5,7,15H,6H2,1-2H3. The summed E-state index contributed by atoms with van der Waals surface area (Å²) in [6.45, 7) is 2.52. The number of carbonyl (C=O) groups excluding carboxylic acids is 1. The average molecular weight is 297 g/mol.